The Bertz CT molecular complexity index is 572. The van der Waals surface area contributed by atoms with Crippen molar-refractivity contribution in [2.75, 3.05) is 6.61 Å². The quantitative estimate of drug-likeness (QED) is 0.529. The predicted molar refractivity (Wildman–Crippen MR) is 90.3 cm³/mol. The highest BCUT2D eigenvalue weighted by molar-refractivity contribution is 8.13. The lowest BCUT2D eigenvalue weighted by atomic mass is 10.1. The SMILES string of the molecule is CCCCOC(=O)SC(Cn1ccnc1)c1ccc(Cl)cc1. The number of hydrogen-bond acceptors (Lipinski definition) is 4. The molecule has 0 spiro atoms. The lowest BCUT2D eigenvalue weighted by Crippen LogP contribution is -2.09. The Hall–Kier alpha value is -1.46. The van der Waals surface area contributed by atoms with Crippen LogP contribution in [-0.2, 0) is 11.3 Å². The Morgan fingerprint density at radius 1 is 1.41 bits per heavy atom. The van der Waals surface area contributed by atoms with Crippen molar-refractivity contribution in [3.05, 3.63) is 53.6 Å². The van der Waals surface area contributed by atoms with Crippen LogP contribution in [0.15, 0.2) is 43.0 Å². The third kappa shape index (κ3) is 5.39. The third-order valence-electron chi connectivity index (χ3n) is 3.13. The van der Waals surface area contributed by atoms with Gasteiger partial charge in [-0.3, -0.25) is 0 Å². The van der Waals surface area contributed by atoms with Gasteiger partial charge in [0.2, 0.25) is 0 Å². The number of carbonyl (C=O) groups is 1. The zero-order valence-corrected chi connectivity index (χ0v) is 14.0. The lowest BCUT2D eigenvalue weighted by molar-refractivity contribution is 0.173. The van der Waals surface area contributed by atoms with Gasteiger partial charge in [0.15, 0.2) is 0 Å². The Morgan fingerprint density at radius 2 is 2.18 bits per heavy atom. The number of imidazole rings is 1. The summed E-state index contributed by atoms with van der Waals surface area (Å²) in [5.74, 6) is 0. The zero-order valence-electron chi connectivity index (χ0n) is 12.4. The molecule has 0 aliphatic carbocycles. The van der Waals surface area contributed by atoms with E-state index >= 15 is 0 Å². The highest BCUT2D eigenvalue weighted by Crippen LogP contribution is 2.32. The number of nitrogens with zero attached hydrogens (tertiary/aromatic N) is 2. The highest BCUT2D eigenvalue weighted by Gasteiger charge is 2.18. The van der Waals surface area contributed by atoms with Crippen LogP contribution in [-0.4, -0.2) is 21.5 Å². The molecule has 2 rings (SSSR count). The molecule has 1 heterocycles. The Balaban J connectivity index is 2.04. The molecule has 0 fully saturated rings. The summed E-state index contributed by atoms with van der Waals surface area (Å²) in [6.07, 6.45) is 7.24. The van der Waals surface area contributed by atoms with Crippen molar-refractivity contribution in [2.24, 2.45) is 0 Å². The molecule has 2 aromatic rings. The first-order valence-corrected chi connectivity index (χ1v) is 8.49. The number of carbonyl (C=O) groups excluding carboxylic acids is 1. The van der Waals surface area contributed by atoms with Crippen LogP contribution in [0, 0.1) is 0 Å². The average molecular weight is 339 g/mol. The van der Waals surface area contributed by atoms with E-state index in [1.807, 2.05) is 35.0 Å². The molecule has 0 aliphatic rings. The van der Waals surface area contributed by atoms with Crippen molar-refractivity contribution in [3.63, 3.8) is 0 Å². The van der Waals surface area contributed by atoms with Gasteiger partial charge in [-0.2, -0.15) is 0 Å². The minimum Gasteiger partial charge on any atom is -0.458 e. The van der Waals surface area contributed by atoms with Gasteiger partial charge in [-0.25, -0.2) is 9.78 Å². The van der Waals surface area contributed by atoms with Gasteiger partial charge < -0.3 is 9.30 Å². The van der Waals surface area contributed by atoms with Crippen molar-refractivity contribution in [3.8, 4) is 0 Å². The zero-order chi connectivity index (χ0) is 15.8. The van der Waals surface area contributed by atoms with Crippen LogP contribution >= 0.6 is 23.4 Å². The second-order valence-corrected chi connectivity index (χ2v) is 6.44. The molecule has 6 heteroatoms. The number of benzene rings is 1. The first-order valence-electron chi connectivity index (χ1n) is 7.23. The van der Waals surface area contributed by atoms with Crippen molar-refractivity contribution >= 4 is 28.7 Å². The number of ether oxygens (including phenoxy) is 1. The molecule has 0 amide bonds. The van der Waals surface area contributed by atoms with E-state index < -0.39 is 0 Å². The van der Waals surface area contributed by atoms with Gasteiger partial charge in [0.1, 0.15) is 0 Å². The molecule has 0 radical (unpaired) electrons. The number of unbranched alkanes of at least 4 members (excludes halogenated alkanes) is 1. The number of rotatable bonds is 7. The highest BCUT2D eigenvalue weighted by atomic mass is 35.5. The molecule has 0 saturated carbocycles. The number of aromatic nitrogens is 2. The molecule has 1 atom stereocenters. The maximum absolute atomic E-state index is 12.0. The summed E-state index contributed by atoms with van der Waals surface area (Å²) in [6, 6.07) is 7.55. The molecule has 0 bridgehead atoms. The van der Waals surface area contributed by atoms with Crippen LogP contribution < -0.4 is 0 Å². The van der Waals surface area contributed by atoms with Gasteiger partial charge in [0.25, 0.3) is 0 Å². The fourth-order valence-electron chi connectivity index (χ4n) is 1.92. The first kappa shape index (κ1) is 16.9. The number of halogens is 1. The van der Waals surface area contributed by atoms with E-state index in [0.29, 0.717) is 18.2 Å². The smallest absolute Gasteiger partial charge is 0.367 e. The molecular weight excluding hydrogens is 320 g/mol. The number of thioether (sulfide) groups is 1. The van der Waals surface area contributed by atoms with Gasteiger partial charge in [-0.05, 0) is 35.9 Å². The van der Waals surface area contributed by atoms with Gasteiger partial charge in [0.05, 0.1) is 18.2 Å². The van der Waals surface area contributed by atoms with Crippen molar-refractivity contribution in [1.82, 2.24) is 9.55 Å². The Kier molecular flexibility index (Phi) is 6.80. The standard InChI is InChI=1S/C16H19ClN2O2S/c1-2-3-10-21-16(20)22-15(11-19-9-8-18-12-19)13-4-6-14(17)7-5-13/h4-9,12,15H,2-3,10-11H2,1H3. The van der Waals surface area contributed by atoms with E-state index in [1.54, 1.807) is 12.5 Å². The largest absolute Gasteiger partial charge is 0.458 e. The maximum atomic E-state index is 12.0. The van der Waals surface area contributed by atoms with Gasteiger partial charge in [0, 0.05) is 24.0 Å². The van der Waals surface area contributed by atoms with E-state index in [4.69, 9.17) is 16.3 Å². The van der Waals surface area contributed by atoms with E-state index in [9.17, 15) is 4.79 Å². The molecule has 1 unspecified atom stereocenters. The molecule has 118 valence electrons. The topological polar surface area (TPSA) is 44.1 Å². The van der Waals surface area contributed by atoms with E-state index in [-0.39, 0.29) is 10.6 Å². The molecule has 22 heavy (non-hydrogen) atoms. The Morgan fingerprint density at radius 3 is 2.82 bits per heavy atom. The lowest BCUT2D eigenvalue weighted by Gasteiger charge is -2.16. The summed E-state index contributed by atoms with van der Waals surface area (Å²) in [6.45, 7) is 3.19. The monoisotopic (exact) mass is 338 g/mol. The van der Waals surface area contributed by atoms with Crippen molar-refractivity contribution < 1.29 is 9.53 Å². The average Bonchev–Trinajstić information content (AvgIpc) is 3.01. The molecular formula is C16H19ClN2O2S. The molecule has 0 saturated heterocycles. The summed E-state index contributed by atoms with van der Waals surface area (Å²) in [7, 11) is 0. The summed E-state index contributed by atoms with van der Waals surface area (Å²) in [5, 5.41) is 0.398. The maximum Gasteiger partial charge on any atom is 0.367 e. The van der Waals surface area contributed by atoms with Crippen LogP contribution in [0.5, 0.6) is 0 Å². The summed E-state index contributed by atoms with van der Waals surface area (Å²) in [5.41, 5.74) is 1.04. The molecule has 1 aromatic carbocycles. The summed E-state index contributed by atoms with van der Waals surface area (Å²) >= 11 is 7.14. The minimum absolute atomic E-state index is 0.0411. The van der Waals surface area contributed by atoms with Gasteiger partial charge in [-0.15, -0.1) is 0 Å². The second-order valence-electron chi connectivity index (χ2n) is 4.87. The van der Waals surface area contributed by atoms with Crippen LogP contribution in [0.3, 0.4) is 0 Å². The van der Waals surface area contributed by atoms with Crippen LogP contribution in [0.2, 0.25) is 5.02 Å². The minimum atomic E-state index is -0.242. The first-order chi connectivity index (χ1) is 10.7. The molecule has 0 N–H and O–H groups in total. The normalized spacial score (nSPS) is 12.1. The molecule has 0 aliphatic heterocycles. The predicted octanol–water partition coefficient (Wildman–Crippen LogP) is 4.95. The van der Waals surface area contributed by atoms with Gasteiger partial charge >= 0.3 is 5.30 Å². The van der Waals surface area contributed by atoms with Crippen LogP contribution in [0.4, 0.5) is 4.79 Å². The summed E-state index contributed by atoms with van der Waals surface area (Å²) < 4.78 is 7.20. The van der Waals surface area contributed by atoms with E-state index in [0.717, 1.165) is 18.4 Å². The second kappa shape index (κ2) is 8.86. The Labute approximate surface area is 139 Å². The third-order valence-corrected chi connectivity index (χ3v) is 4.40. The van der Waals surface area contributed by atoms with Crippen LogP contribution in [0.25, 0.3) is 0 Å². The fourth-order valence-corrected chi connectivity index (χ4v) is 2.97. The van der Waals surface area contributed by atoms with E-state index in [1.165, 1.54) is 11.8 Å². The van der Waals surface area contributed by atoms with Crippen molar-refractivity contribution in [2.45, 2.75) is 31.6 Å². The van der Waals surface area contributed by atoms with E-state index in [2.05, 4.69) is 11.9 Å². The molecule has 4 nitrogen and oxygen atoms in total. The molecule has 1 aromatic heterocycles. The van der Waals surface area contributed by atoms with Crippen LogP contribution in [0.1, 0.15) is 30.6 Å². The van der Waals surface area contributed by atoms with Gasteiger partial charge in [-0.1, -0.05) is 37.1 Å². The fraction of sp³-hybridized carbons (Fsp3) is 0.375. The van der Waals surface area contributed by atoms with Crippen molar-refractivity contribution in [1.29, 1.82) is 0 Å². The summed E-state index contributed by atoms with van der Waals surface area (Å²) in [4.78, 5) is 16.0. The number of hydrogen-bond donors (Lipinski definition) is 0.